The van der Waals surface area contributed by atoms with E-state index in [0.717, 1.165) is 24.8 Å². The number of rotatable bonds is 5. The highest BCUT2D eigenvalue weighted by Gasteiger charge is 2.25. The Morgan fingerprint density at radius 1 is 1.33 bits per heavy atom. The van der Waals surface area contributed by atoms with Crippen LogP contribution in [0.15, 0.2) is 30.6 Å². The molecule has 0 amide bonds. The van der Waals surface area contributed by atoms with Crippen LogP contribution in [0, 0.1) is 5.92 Å². The van der Waals surface area contributed by atoms with E-state index < -0.39 is 10.0 Å². The summed E-state index contributed by atoms with van der Waals surface area (Å²) in [6, 6.07) is 7.25. The highest BCUT2D eigenvalue weighted by Crippen LogP contribution is 2.30. The van der Waals surface area contributed by atoms with Crippen molar-refractivity contribution >= 4 is 15.7 Å². The fourth-order valence-corrected chi connectivity index (χ4v) is 4.02. The minimum Gasteiger partial charge on any atom is -0.317 e. The van der Waals surface area contributed by atoms with Gasteiger partial charge in [-0.15, -0.1) is 10.2 Å². The van der Waals surface area contributed by atoms with Gasteiger partial charge >= 0.3 is 0 Å². The summed E-state index contributed by atoms with van der Waals surface area (Å²) < 4.78 is 29.0. The molecule has 0 radical (unpaired) electrons. The van der Waals surface area contributed by atoms with Crippen molar-refractivity contribution in [3.63, 3.8) is 0 Å². The van der Waals surface area contributed by atoms with Crippen LogP contribution >= 0.6 is 0 Å². The molecule has 0 saturated heterocycles. The van der Waals surface area contributed by atoms with Gasteiger partial charge in [0.2, 0.25) is 10.0 Å². The zero-order valence-electron chi connectivity index (χ0n) is 11.9. The lowest BCUT2D eigenvalue weighted by atomic mass is 9.87. The molecule has 0 bridgehead atoms. The smallest absolute Gasteiger partial charge is 0.233 e. The summed E-state index contributed by atoms with van der Waals surface area (Å²) in [5.74, 6) is 1.13. The van der Waals surface area contributed by atoms with Crippen LogP contribution in [0.4, 0.5) is 5.69 Å². The Hall–Kier alpha value is -1.89. The molecule has 1 fully saturated rings. The Morgan fingerprint density at radius 2 is 2.10 bits per heavy atom. The maximum atomic E-state index is 12.3. The summed E-state index contributed by atoms with van der Waals surface area (Å²) in [4.78, 5) is 0. The molecule has 0 aliphatic heterocycles. The largest absolute Gasteiger partial charge is 0.317 e. The molecular formula is C14H18N4O2S. The van der Waals surface area contributed by atoms with Gasteiger partial charge in [0.25, 0.3) is 0 Å². The average Bonchev–Trinajstić information content (AvgIpc) is 2.81. The van der Waals surface area contributed by atoms with E-state index >= 15 is 0 Å². The average molecular weight is 306 g/mol. The number of sulfonamides is 1. The maximum Gasteiger partial charge on any atom is 0.233 e. The number of hydrogen-bond acceptors (Lipinski definition) is 4. The molecule has 1 N–H and O–H groups in total. The van der Waals surface area contributed by atoms with Crippen molar-refractivity contribution in [2.75, 3.05) is 10.5 Å². The Kier molecular flexibility index (Phi) is 3.67. The number of nitrogens with one attached hydrogen (secondary N) is 1. The number of nitrogens with zero attached hydrogens (tertiary/aromatic N) is 3. The van der Waals surface area contributed by atoms with Crippen LogP contribution in [0.2, 0.25) is 0 Å². The molecule has 1 aromatic heterocycles. The van der Waals surface area contributed by atoms with Crippen molar-refractivity contribution in [1.82, 2.24) is 14.8 Å². The molecule has 112 valence electrons. The fraction of sp³-hybridized carbons (Fsp3) is 0.429. The van der Waals surface area contributed by atoms with Crippen molar-refractivity contribution in [3.8, 4) is 11.4 Å². The first-order valence-corrected chi connectivity index (χ1v) is 8.64. The van der Waals surface area contributed by atoms with Crippen LogP contribution in [0.1, 0.15) is 19.3 Å². The summed E-state index contributed by atoms with van der Waals surface area (Å²) in [7, 11) is -1.50. The van der Waals surface area contributed by atoms with Gasteiger partial charge in [-0.2, -0.15) is 0 Å². The SMILES string of the molecule is Cn1cnnc1-c1ccccc1NS(=O)(=O)CC1CCC1. The van der Waals surface area contributed by atoms with E-state index in [0.29, 0.717) is 17.4 Å². The minimum atomic E-state index is -3.33. The normalized spacial score (nSPS) is 15.7. The molecule has 1 heterocycles. The zero-order valence-corrected chi connectivity index (χ0v) is 12.7. The quantitative estimate of drug-likeness (QED) is 0.917. The van der Waals surface area contributed by atoms with Crippen LogP contribution in [-0.4, -0.2) is 28.9 Å². The third kappa shape index (κ3) is 3.07. The molecule has 0 atom stereocenters. The van der Waals surface area contributed by atoms with Gasteiger partial charge < -0.3 is 4.57 Å². The van der Waals surface area contributed by atoms with Gasteiger partial charge in [-0.05, 0) is 30.9 Å². The van der Waals surface area contributed by atoms with E-state index in [-0.39, 0.29) is 5.75 Å². The van der Waals surface area contributed by atoms with E-state index in [1.807, 2.05) is 19.2 Å². The molecule has 0 unspecified atom stereocenters. The van der Waals surface area contributed by atoms with Gasteiger partial charge in [0.15, 0.2) is 5.82 Å². The lowest BCUT2D eigenvalue weighted by Gasteiger charge is -2.25. The van der Waals surface area contributed by atoms with E-state index in [1.54, 1.807) is 23.0 Å². The molecule has 7 heteroatoms. The van der Waals surface area contributed by atoms with Gasteiger partial charge in [-0.1, -0.05) is 18.6 Å². The number of anilines is 1. The summed E-state index contributed by atoms with van der Waals surface area (Å²) in [5.41, 5.74) is 1.28. The van der Waals surface area contributed by atoms with Gasteiger partial charge in [0.1, 0.15) is 6.33 Å². The van der Waals surface area contributed by atoms with Gasteiger partial charge in [0, 0.05) is 12.6 Å². The summed E-state index contributed by atoms with van der Waals surface area (Å²) in [6.07, 6.45) is 4.74. The monoisotopic (exact) mass is 306 g/mol. The fourth-order valence-electron chi connectivity index (χ4n) is 2.47. The van der Waals surface area contributed by atoms with Crippen molar-refractivity contribution in [2.45, 2.75) is 19.3 Å². The van der Waals surface area contributed by atoms with Crippen molar-refractivity contribution in [1.29, 1.82) is 0 Å². The van der Waals surface area contributed by atoms with Gasteiger partial charge in [0.05, 0.1) is 11.4 Å². The Balaban J connectivity index is 1.87. The number of aryl methyl sites for hydroxylation is 1. The zero-order chi connectivity index (χ0) is 14.9. The predicted molar refractivity (Wildman–Crippen MR) is 81.2 cm³/mol. The van der Waals surface area contributed by atoms with Crippen molar-refractivity contribution in [3.05, 3.63) is 30.6 Å². The van der Waals surface area contributed by atoms with E-state index in [4.69, 9.17) is 0 Å². The molecule has 1 aliphatic carbocycles. The lowest BCUT2D eigenvalue weighted by molar-refractivity contribution is 0.347. The predicted octanol–water partition coefficient (Wildman–Crippen LogP) is 2.02. The molecule has 1 aliphatic rings. The van der Waals surface area contributed by atoms with Crippen LogP contribution in [0.25, 0.3) is 11.4 Å². The number of para-hydroxylation sites is 1. The Morgan fingerprint density at radius 3 is 2.71 bits per heavy atom. The van der Waals surface area contributed by atoms with E-state index in [2.05, 4.69) is 14.9 Å². The van der Waals surface area contributed by atoms with Crippen LogP contribution in [0.3, 0.4) is 0 Å². The number of hydrogen-bond donors (Lipinski definition) is 1. The second-order valence-corrected chi connectivity index (χ2v) is 7.26. The Bertz CT molecular complexity index is 735. The Labute approximate surface area is 124 Å². The first kappa shape index (κ1) is 14.1. The molecular weight excluding hydrogens is 288 g/mol. The second kappa shape index (κ2) is 5.48. The van der Waals surface area contributed by atoms with Gasteiger partial charge in [-0.3, -0.25) is 4.72 Å². The highest BCUT2D eigenvalue weighted by atomic mass is 32.2. The first-order valence-electron chi connectivity index (χ1n) is 6.99. The maximum absolute atomic E-state index is 12.3. The number of benzene rings is 1. The molecule has 21 heavy (non-hydrogen) atoms. The topological polar surface area (TPSA) is 76.9 Å². The molecule has 1 saturated carbocycles. The molecule has 6 nitrogen and oxygen atoms in total. The molecule has 0 spiro atoms. The van der Waals surface area contributed by atoms with Crippen LogP contribution in [0.5, 0.6) is 0 Å². The van der Waals surface area contributed by atoms with Crippen molar-refractivity contribution in [2.24, 2.45) is 13.0 Å². The first-order chi connectivity index (χ1) is 10.1. The van der Waals surface area contributed by atoms with Crippen molar-refractivity contribution < 1.29 is 8.42 Å². The van der Waals surface area contributed by atoms with Gasteiger partial charge in [-0.25, -0.2) is 8.42 Å². The van der Waals surface area contributed by atoms with E-state index in [9.17, 15) is 8.42 Å². The standard InChI is InChI=1S/C14H18N4O2S/c1-18-10-15-16-14(18)12-7-2-3-8-13(12)17-21(19,20)9-11-5-4-6-11/h2-3,7-8,10-11,17H,4-6,9H2,1H3. The summed E-state index contributed by atoms with van der Waals surface area (Å²) in [6.45, 7) is 0. The number of aromatic nitrogens is 3. The third-order valence-corrected chi connectivity index (χ3v) is 5.27. The van der Waals surface area contributed by atoms with E-state index in [1.165, 1.54) is 0 Å². The second-order valence-electron chi connectivity index (χ2n) is 5.49. The molecule has 3 rings (SSSR count). The third-order valence-electron chi connectivity index (χ3n) is 3.82. The highest BCUT2D eigenvalue weighted by molar-refractivity contribution is 7.92. The lowest BCUT2D eigenvalue weighted by Crippen LogP contribution is -2.26. The molecule has 2 aromatic rings. The summed E-state index contributed by atoms with van der Waals surface area (Å²) in [5, 5.41) is 7.89. The minimum absolute atomic E-state index is 0.195. The van der Waals surface area contributed by atoms with Crippen LogP contribution < -0.4 is 4.72 Å². The summed E-state index contributed by atoms with van der Waals surface area (Å²) >= 11 is 0. The van der Waals surface area contributed by atoms with Crippen LogP contribution in [-0.2, 0) is 17.1 Å². The molecule has 1 aromatic carbocycles.